The Labute approximate surface area is 128 Å². The molecule has 0 radical (unpaired) electrons. The second-order valence-corrected chi connectivity index (χ2v) is 6.59. The van der Waals surface area contributed by atoms with Gasteiger partial charge in [0, 0.05) is 5.56 Å². The van der Waals surface area contributed by atoms with E-state index in [4.69, 9.17) is 4.74 Å². The first-order chi connectivity index (χ1) is 9.78. The lowest BCUT2D eigenvalue weighted by Crippen LogP contribution is -2.36. The largest absolute Gasteiger partial charge is 0.496 e. The van der Waals surface area contributed by atoms with Crippen LogP contribution >= 0.6 is 0 Å². The number of rotatable bonds is 8. The second-order valence-electron chi connectivity index (χ2n) is 6.59. The van der Waals surface area contributed by atoms with E-state index in [0.29, 0.717) is 18.6 Å². The maximum Gasteiger partial charge on any atom is 0.123 e. The number of methoxy groups -OCH3 is 1. The SMILES string of the molecule is CCCCC(O)(CC)CC(C)(C)c1cc(F)ccc1OC. The number of halogens is 1. The van der Waals surface area contributed by atoms with E-state index in [9.17, 15) is 9.50 Å². The molecule has 0 saturated heterocycles. The Morgan fingerprint density at radius 3 is 2.43 bits per heavy atom. The highest BCUT2D eigenvalue weighted by Crippen LogP contribution is 2.40. The van der Waals surface area contributed by atoms with Gasteiger partial charge in [0.05, 0.1) is 12.7 Å². The third-order valence-corrected chi connectivity index (χ3v) is 4.32. The zero-order valence-corrected chi connectivity index (χ0v) is 14.0. The molecule has 1 unspecified atom stereocenters. The summed E-state index contributed by atoms with van der Waals surface area (Å²) >= 11 is 0. The number of aliphatic hydroxyl groups is 1. The second kappa shape index (κ2) is 7.26. The van der Waals surface area contributed by atoms with Crippen LogP contribution in [0, 0.1) is 5.82 Å². The van der Waals surface area contributed by atoms with Gasteiger partial charge >= 0.3 is 0 Å². The molecule has 1 N–H and O–H groups in total. The van der Waals surface area contributed by atoms with Crippen LogP contribution in [-0.2, 0) is 5.41 Å². The average Bonchev–Trinajstić information content (AvgIpc) is 2.44. The lowest BCUT2D eigenvalue weighted by atomic mass is 9.72. The predicted molar refractivity (Wildman–Crippen MR) is 85.4 cm³/mol. The number of hydrogen-bond donors (Lipinski definition) is 1. The summed E-state index contributed by atoms with van der Waals surface area (Å²) in [5, 5.41) is 10.8. The summed E-state index contributed by atoms with van der Waals surface area (Å²) in [6.45, 7) is 8.21. The summed E-state index contributed by atoms with van der Waals surface area (Å²) in [6.07, 6.45) is 4.14. The van der Waals surface area contributed by atoms with E-state index in [1.807, 2.05) is 20.8 Å². The number of hydrogen-bond acceptors (Lipinski definition) is 2. The van der Waals surface area contributed by atoms with E-state index in [1.54, 1.807) is 13.2 Å². The molecule has 0 bridgehead atoms. The zero-order valence-electron chi connectivity index (χ0n) is 14.0. The fourth-order valence-corrected chi connectivity index (χ4v) is 3.02. The Balaban J connectivity index is 3.06. The minimum absolute atomic E-state index is 0.271. The molecule has 1 aromatic rings. The Kier molecular flexibility index (Phi) is 6.21. The molecule has 0 aliphatic heterocycles. The summed E-state index contributed by atoms with van der Waals surface area (Å²) in [7, 11) is 1.59. The van der Waals surface area contributed by atoms with Crippen molar-refractivity contribution in [3.8, 4) is 5.75 Å². The van der Waals surface area contributed by atoms with Gasteiger partial charge in [-0.05, 0) is 42.9 Å². The van der Waals surface area contributed by atoms with E-state index in [-0.39, 0.29) is 11.2 Å². The molecule has 0 saturated carbocycles. The smallest absolute Gasteiger partial charge is 0.123 e. The quantitative estimate of drug-likeness (QED) is 0.744. The molecule has 1 rings (SSSR count). The van der Waals surface area contributed by atoms with Gasteiger partial charge in [-0.15, -0.1) is 0 Å². The summed E-state index contributed by atoms with van der Waals surface area (Å²) in [4.78, 5) is 0. The van der Waals surface area contributed by atoms with Gasteiger partial charge in [-0.3, -0.25) is 0 Å². The highest BCUT2D eigenvalue weighted by Gasteiger charge is 2.35. The molecule has 120 valence electrons. The van der Waals surface area contributed by atoms with Crippen molar-refractivity contribution in [1.29, 1.82) is 0 Å². The lowest BCUT2D eigenvalue weighted by molar-refractivity contribution is -0.000841. The lowest BCUT2D eigenvalue weighted by Gasteiger charge is -2.37. The third-order valence-electron chi connectivity index (χ3n) is 4.32. The van der Waals surface area contributed by atoms with Crippen LogP contribution < -0.4 is 4.74 Å². The normalized spacial score (nSPS) is 14.8. The molecule has 0 spiro atoms. The van der Waals surface area contributed by atoms with Gasteiger partial charge in [0.25, 0.3) is 0 Å². The Morgan fingerprint density at radius 2 is 1.90 bits per heavy atom. The van der Waals surface area contributed by atoms with Gasteiger partial charge in [0.15, 0.2) is 0 Å². The molecule has 0 aliphatic carbocycles. The van der Waals surface area contributed by atoms with Gasteiger partial charge in [0.1, 0.15) is 11.6 Å². The van der Waals surface area contributed by atoms with Crippen molar-refractivity contribution in [2.24, 2.45) is 0 Å². The zero-order chi connectivity index (χ0) is 16.1. The Hall–Kier alpha value is -1.09. The first-order valence-corrected chi connectivity index (χ1v) is 7.84. The molecule has 0 aliphatic rings. The fourth-order valence-electron chi connectivity index (χ4n) is 3.02. The molecule has 0 heterocycles. The molecule has 1 atom stereocenters. The van der Waals surface area contributed by atoms with Crippen LogP contribution in [0.3, 0.4) is 0 Å². The van der Waals surface area contributed by atoms with Crippen LogP contribution in [-0.4, -0.2) is 17.8 Å². The molecule has 0 amide bonds. The molecule has 0 aromatic heterocycles. The standard InChI is InChI=1S/C18H29FO2/c1-6-8-11-18(20,7-2)13-17(3,4)15-12-14(19)9-10-16(15)21-5/h9-10,12,20H,6-8,11,13H2,1-5H3. The topological polar surface area (TPSA) is 29.5 Å². The van der Waals surface area contributed by atoms with Crippen molar-refractivity contribution in [1.82, 2.24) is 0 Å². The van der Waals surface area contributed by atoms with Gasteiger partial charge in [0.2, 0.25) is 0 Å². The van der Waals surface area contributed by atoms with E-state index in [2.05, 4.69) is 6.92 Å². The number of benzene rings is 1. The van der Waals surface area contributed by atoms with Crippen molar-refractivity contribution < 1.29 is 14.2 Å². The molecule has 1 aromatic carbocycles. The van der Waals surface area contributed by atoms with Crippen LogP contribution in [0.2, 0.25) is 0 Å². The minimum atomic E-state index is -0.711. The molecular formula is C18H29FO2. The molecular weight excluding hydrogens is 267 g/mol. The maximum atomic E-state index is 13.6. The number of ether oxygens (including phenoxy) is 1. The van der Waals surface area contributed by atoms with Gasteiger partial charge in [-0.2, -0.15) is 0 Å². The van der Waals surface area contributed by atoms with Gasteiger partial charge < -0.3 is 9.84 Å². The fraction of sp³-hybridized carbons (Fsp3) is 0.667. The Morgan fingerprint density at radius 1 is 1.24 bits per heavy atom. The summed E-state index contributed by atoms with van der Waals surface area (Å²) in [5.41, 5.74) is -0.253. The van der Waals surface area contributed by atoms with Gasteiger partial charge in [-0.1, -0.05) is 40.5 Å². The first-order valence-electron chi connectivity index (χ1n) is 7.84. The van der Waals surface area contributed by atoms with E-state index >= 15 is 0 Å². The Bertz CT molecular complexity index is 457. The van der Waals surface area contributed by atoms with Crippen LogP contribution in [0.4, 0.5) is 4.39 Å². The summed E-state index contributed by atoms with van der Waals surface area (Å²) in [6, 6.07) is 4.58. The molecule has 2 nitrogen and oxygen atoms in total. The molecule has 21 heavy (non-hydrogen) atoms. The van der Waals surface area contributed by atoms with Crippen LogP contribution in [0.15, 0.2) is 18.2 Å². The maximum absolute atomic E-state index is 13.6. The first kappa shape index (κ1) is 18.0. The number of unbranched alkanes of at least 4 members (excludes halogenated alkanes) is 1. The molecule has 3 heteroatoms. The van der Waals surface area contributed by atoms with E-state index in [1.165, 1.54) is 12.1 Å². The van der Waals surface area contributed by atoms with Crippen molar-refractivity contribution in [2.45, 2.75) is 70.8 Å². The van der Waals surface area contributed by atoms with Crippen LogP contribution in [0.5, 0.6) is 5.75 Å². The molecule has 0 fully saturated rings. The van der Waals surface area contributed by atoms with Crippen LogP contribution in [0.1, 0.15) is 65.4 Å². The van der Waals surface area contributed by atoms with Crippen LogP contribution in [0.25, 0.3) is 0 Å². The van der Waals surface area contributed by atoms with Crippen molar-refractivity contribution in [3.05, 3.63) is 29.6 Å². The van der Waals surface area contributed by atoms with Crippen molar-refractivity contribution in [2.75, 3.05) is 7.11 Å². The summed E-state index contributed by atoms with van der Waals surface area (Å²) in [5.74, 6) is 0.405. The predicted octanol–water partition coefficient (Wildman–Crippen LogP) is 4.83. The van der Waals surface area contributed by atoms with Crippen molar-refractivity contribution >= 4 is 0 Å². The van der Waals surface area contributed by atoms with E-state index < -0.39 is 5.60 Å². The van der Waals surface area contributed by atoms with E-state index in [0.717, 1.165) is 24.8 Å². The third kappa shape index (κ3) is 4.70. The van der Waals surface area contributed by atoms with Crippen molar-refractivity contribution in [3.63, 3.8) is 0 Å². The monoisotopic (exact) mass is 296 g/mol. The highest BCUT2D eigenvalue weighted by molar-refractivity contribution is 5.39. The highest BCUT2D eigenvalue weighted by atomic mass is 19.1. The summed E-state index contributed by atoms with van der Waals surface area (Å²) < 4.78 is 19.0. The van der Waals surface area contributed by atoms with Gasteiger partial charge in [-0.25, -0.2) is 4.39 Å². The minimum Gasteiger partial charge on any atom is -0.496 e. The average molecular weight is 296 g/mol.